The van der Waals surface area contributed by atoms with E-state index < -0.39 is 0 Å². The minimum Gasteiger partial charge on any atom is -0.377 e. The maximum absolute atomic E-state index is 9.19. The van der Waals surface area contributed by atoms with Crippen molar-refractivity contribution < 1.29 is 0 Å². The van der Waals surface area contributed by atoms with Crippen molar-refractivity contribution in [3.05, 3.63) is 62.5 Å². The van der Waals surface area contributed by atoms with E-state index >= 15 is 0 Å². The molecule has 0 aliphatic rings. The largest absolute Gasteiger partial charge is 0.377 e. The van der Waals surface area contributed by atoms with Crippen LogP contribution >= 0.6 is 31.9 Å². The summed E-state index contributed by atoms with van der Waals surface area (Å²) in [6.45, 7) is 2.07. The first-order chi connectivity index (χ1) is 9.11. The molecule has 19 heavy (non-hydrogen) atoms. The summed E-state index contributed by atoms with van der Waals surface area (Å²) in [5, 5.41) is 12.6. The zero-order valence-electron chi connectivity index (χ0n) is 10.3. The number of halogens is 2. The zero-order valence-corrected chi connectivity index (χ0v) is 13.5. The topological polar surface area (TPSA) is 35.8 Å². The molecule has 4 heteroatoms. The average Bonchev–Trinajstić information content (AvgIpc) is 2.39. The van der Waals surface area contributed by atoms with E-state index in [-0.39, 0.29) is 6.04 Å². The highest BCUT2D eigenvalue weighted by atomic mass is 79.9. The molecule has 2 aromatic carbocycles. The molecule has 0 fully saturated rings. The van der Waals surface area contributed by atoms with Crippen LogP contribution in [0.4, 0.5) is 5.69 Å². The van der Waals surface area contributed by atoms with E-state index in [0.717, 1.165) is 14.6 Å². The Morgan fingerprint density at radius 3 is 2.42 bits per heavy atom. The van der Waals surface area contributed by atoms with Gasteiger partial charge in [0.25, 0.3) is 0 Å². The lowest BCUT2D eigenvalue weighted by molar-refractivity contribution is 0.883. The van der Waals surface area contributed by atoms with Crippen LogP contribution in [0.5, 0.6) is 0 Å². The van der Waals surface area contributed by atoms with Crippen LogP contribution in [0.15, 0.2) is 51.4 Å². The minimum atomic E-state index is 0.134. The second-order valence-corrected chi connectivity index (χ2v) is 5.96. The average molecular weight is 380 g/mol. The number of nitriles is 1. The Morgan fingerprint density at radius 1 is 1.11 bits per heavy atom. The molecule has 0 bridgehead atoms. The van der Waals surface area contributed by atoms with E-state index in [1.54, 1.807) is 0 Å². The third kappa shape index (κ3) is 3.37. The molecule has 0 aliphatic heterocycles. The first kappa shape index (κ1) is 14.1. The van der Waals surface area contributed by atoms with Crippen LogP contribution in [-0.4, -0.2) is 0 Å². The highest BCUT2D eigenvalue weighted by molar-refractivity contribution is 9.10. The van der Waals surface area contributed by atoms with Gasteiger partial charge in [0.05, 0.1) is 11.3 Å². The second-order valence-electron chi connectivity index (χ2n) is 4.19. The second kappa shape index (κ2) is 6.23. The van der Waals surface area contributed by atoms with Crippen molar-refractivity contribution in [3.63, 3.8) is 0 Å². The van der Waals surface area contributed by atoms with Gasteiger partial charge >= 0.3 is 0 Å². The molecule has 1 N–H and O–H groups in total. The lowest BCUT2D eigenvalue weighted by atomic mass is 10.1. The predicted molar refractivity (Wildman–Crippen MR) is 85.0 cm³/mol. The van der Waals surface area contributed by atoms with Gasteiger partial charge in [-0.3, -0.25) is 0 Å². The van der Waals surface area contributed by atoms with Gasteiger partial charge in [-0.25, -0.2) is 0 Å². The maximum atomic E-state index is 9.19. The molecule has 0 spiro atoms. The van der Waals surface area contributed by atoms with Gasteiger partial charge in [0.15, 0.2) is 0 Å². The van der Waals surface area contributed by atoms with Gasteiger partial charge in [-0.2, -0.15) is 5.26 Å². The highest BCUT2D eigenvalue weighted by Gasteiger charge is 2.10. The van der Waals surface area contributed by atoms with Crippen LogP contribution in [-0.2, 0) is 0 Å². The molecule has 0 saturated heterocycles. The lowest BCUT2D eigenvalue weighted by Gasteiger charge is -2.17. The molecule has 0 amide bonds. The van der Waals surface area contributed by atoms with E-state index in [2.05, 4.69) is 62.3 Å². The Kier molecular flexibility index (Phi) is 4.62. The molecule has 1 unspecified atom stereocenters. The first-order valence-electron chi connectivity index (χ1n) is 5.82. The van der Waals surface area contributed by atoms with Crippen molar-refractivity contribution in [2.24, 2.45) is 0 Å². The minimum absolute atomic E-state index is 0.134. The molecule has 2 rings (SSSR count). The Hall–Kier alpha value is -1.31. The fourth-order valence-electron chi connectivity index (χ4n) is 1.83. The van der Waals surface area contributed by atoms with Crippen molar-refractivity contribution in [1.29, 1.82) is 5.26 Å². The predicted octanol–water partition coefficient (Wildman–Crippen LogP) is 5.26. The number of hydrogen-bond acceptors (Lipinski definition) is 2. The van der Waals surface area contributed by atoms with Gasteiger partial charge in [0.2, 0.25) is 0 Å². The monoisotopic (exact) mass is 378 g/mol. The van der Waals surface area contributed by atoms with E-state index in [9.17, 15) is 5.26 Å². The first-order valence-corrected chi connectivity index (χ1v) is 7.41. The molecule has 2 nitrogen and oxygen atoms in total. The summed E-state index contributed by atoms with van der Waals surface area (Å²) in [6, 6.07) is 16.2. The van der Waals surface area contributed by atoms with Crippen LogP contribution in [0.1, 0.15) is 24.1 Å². The van der Waals surface area contributed by atoms with Gasteiger partial charge in [-0.15, -0.1) is 0 Å². The van der Waals surface area contributed by atoms with E-state index in [1.165, 1.54) is 5.56 Å². The zero-order chi connectivity index (χ0) is 13.8. The van der Waals surface area contributed by atoms with Crippen molar-refractivity contribution in [3.8, 4) is 6.07 Å². The molecular weight excluding hydrogens is 368 g/mol. The summed E-state index contributed by atoms with van der Waals surface area (Å²) in [4.78, 5) is 0. The third-order valence-corrected chi connectivity index (χ3v) is 4.06. The number of benzene rings is 2. The third-order valence-electron chi connectivity index (χ3n) is 2.87. The molecule has 96 valence electrons. The fourth-order valence-corrected chi connectivity index (χ4v) is 2.55. The smallest absolute Gasteiger partial charge is 0.103 e. The Labute approximate surface area is 129 Å². The highest BCUT2D eigenvalue weighted by Crippen LogP contribution is 2.27. The van der Waals surface area contributed by atoms with Crippen LogP contribution in [0.3, 0.4) is 0 Å². The Balaban J connectivity index is 2.24. The molecule has 0 heterocycles. The number of nitrogens with zero attached hydrogens (tertiary/aromatic N) is 1. The summed E-state index contributed by atoms with van der Waals surface area (Å²) in [6.07, 6.45) is 0. The van der Waals surface area contributed by atoms with Crippen molar-refractivity contribution >= 4 is 37.5 Å². The molecule has 0 radical (unpaired) electrons. The van der Waals surface area contributed by atoms with Gasteiger partial charge < -0.3 is 5.32 Å². The number of nitrogens with one attached hydrogen (secondary N) is 1. The van der Waals surface area contributed by atoms with Crippen LogP contribution in [0.2, 0.25) is 0 Å². The summed E-state index contributed by atoms with van der Waals surface area (Å²) < 4.78 is 1.87. The van der Waals surface area contributed by atoms with E-state index in [4.69, 9.17) is 0 Å². The van der Waals surface area contributed by atoms with Crippen molar-refractivity contribution in [2.45, 2.75) is 13.0 Å². The summed E-state index contributed by atoms with van der Waals surface area (Å²) in [5.41, 5.74) is 2.64. The lowest BCUT2D eigenvalue weighted by Crippen LogP contribution is -2.07. The summed E-state index contributed by atoms with van der Waals surface area (Å²) >= 11 is 6.82. The van der Waals surface area contributed by atoms with Gasteiger partial charge in [0, 0.05) is 15.0 Å². The molecule has 0 saturated carbocycles. The molecule has 2 aromatic rings. The molecule has 1 atom stereocenters. The van der Waals surface area contributed by atoms with E-state index in [1.807, 2.05) is 30.3 Å². The van der Waals surface area contributed by atoms with Crippen LogP contribution in [0.25, 0.3) is 0 Å². The van der Waals surface area contributed by atoms with Crippen LogP contribution < -0.4 is 5.32 Å². The SMILES string of the molecule is CC(Nc1cccc(Br)c1C#N)c1ccc(Br)cc1. The number of hydrogen-bond donors (Lipinski definition) is 1. The maximum Gasteiger partial charge on any atom is 0.103 e. The molecule has 0 aromatic heterocycles. The van der Waals surface area contributed by atoms with Gasteiger partial charge in [-0.1, -0.05) is 34.1 Å². The van der Waals surface area contributed by atoms with E-state index in [0.29, 0.717) is 5.56 Å². The fraction of sp³-hybridized carbons (Fsp3) is 0.133. The van der Waals surface area contributed by atoms with Crippen molar-refractivity contribution in [1.82, 2.24) is 0 Å². The summed E-state index contributed by atoms with van der Waals surface area (Å²) in [7, 11) is 0. The van der Waals surface area contributed by atoms with Gasteiger partial charge in [-0.05, 0) is 52.7 Å². The normalized spacial score (nSPS) is 11.7. The number of anilines is 1. The number of rotatable bonds is 3. The van der Waals surface area contributed by atoms with Crippen LogP contribution in [0, 0.1) is 11.3 Å². The van der Waals surface area contributed by atoms with Crippen molar-refractivity contribution in [2.75, 3.05) is 5.32 Å². The van der Waals surface area contributed by atoms with Gasteiger partial charge in [0.1, 0.15) is 6.07 Å². The summed E-state index contributed by atoms with van der Waals surface area (Å²) in [5.74, 6) is 0. The molecular formula is C15H12Br2N2. The standard InChI is InChI=1S/C15H12Br2N2/c1-10(11-5-7-12(16)8-6-11)19-15-4-2-3-14(17)13(15)9-18/h2-8,10,19H,1H3. The Bertz CT molecular complexity index is 615. The Morgan fingerprint density at radius 2 is 1.79 bits per heavy atom. The molecule has 0 aliphatic carbocycles. The quantitative estimate of drug-likeness (QED) is 0.789.